The Hall–Kier alpha value is -4.57. The van der Waals surface area contributed by atoms with Crippen LogP contribution in [0.1, 0.15) is 41.1 Å². The maximum absolute atomic E-state index is 13.4. The van der Waals surface area contributed by atoms with Crippen molar-refractivity contribution in [1.29, 1.82) is 0 Å². The number of benzene rings is 2. The molecular formula is C27H29F3N8O4S. The third-order valence-electron chi connectivity index (χ3n) is 6.86. The SMILES string of the molecule is CC(Oc1cc(-c2n[nH]c(Nc3cc4n(n3)CCCN(C)C4)c2C(N)=O)ccc1NS(=O)(=O)C(F)F)c1ccc(F)cc1. The fourth-order valence-corrected chi connectivity index (χ4v) is 5.30. The van der Waals surface area contributed by atoms with Crippen LogP contribution in [-0.2, 0) is 23.1 Å². The van der Waals surface area contributed by atoms with Gasteiger partial charge in [-0.2, -0.15) is 19.0 Å². The van der Waals surface area contributed by atoms with Crippen molar-refractivity contribution in [2.24, 2.45) is 5.73 Å². The summed E-state index contributed by atoms with van der Waals surface area (Å²) in [6, 6.07) is 11.2. The standard InChI is InChI=1S/C27H29F3N8O4S/c1-15(16-4-7-18(28)8-5-16)42-21-12-17(6-9-20(21)36-43(40,41)27(29)30)24-23(25(31)39)26(34-33-24)32-22-13-19-14-37(2)10-3-11-38(19)35-22/h4-9,12-13,15,27,36H,3,10-11,14H2,1-2H3,(H2,31,39)(H2,32,33,34,35). The smallest absolute Gasteiger partial charge is 0.355 e. The van der Waals surface area contributed by atoms with Crippen molar-refractivity contribution in [3.8, 4) is 17.0 Å². The number of alkyl halides is 2. The predicted molar refractivity (Wildman–Crippen MR) is 153 cm³/mol. The second kappa shape index (κ2) is 12.0. The number of nitrogens with zero attached hydrogens (tertiary/aromatic N) is 4. The molecule has 1 atom stereocenters. The maximum atomic E-state index is 13.4. The summed E-state index contributed by atoms with van der Waals surface area (Å²) >= 11 is 0. The molecule has 0 spiro atoms. The lowest BCUT2D eigenvalue weighted by atomic mass is 10.1. The van der Waals surface area contributed by atoms with Crippen molar-refractivity contribution < 1.29 is 31.1 Å². The first-order chi connectivity index (χ1) is 20.4. The van der Waals surface area contributed by atoms with Gasteiger partial charge in [-0.1, -0.05) is 18.2 Å². The van der Waals surface area contributed by atoms with Crippen LogP contribution in [0.5, 0.6) is 5.75 Å². The molecule has 2 aromatic heterocycles. The van der Waals surface area contributed by atoms with E-state index in [1.165, 1.54) is 42.5 Å². The number of ether oxygens (including phenoxy) is 1. The minimum Gasteiger partial charge on any atom is -0.484 e. The monoisotopic (exact) mass is 618 g/mol. The molecule has 12 nitrogen and oxygen atoms in total. The highest BCUT2D eigenvalue weighted by Gasteiger charge is 2.27. The van der Waals surface area contributed by atoms with E-state index in [2.05, 4.69) is 25.5 Å². The summed E-state index contributed by atoms with van der Waals surface area (Å²) in [6.07, 6.45) is 0.173. The van der Waals surface area contributed by atoms with Gasteiger partial charge in [-0.15, -0.1) is 0 Å². The molecule has 0 bridgehead atoms. The molecule has 1 amide bonds. The number of anilines is 3. The van der Waals surface area contributed by atoms with Crippen LogP contribution >= 0.6 is 0 Å². The molecule has 3 heterocycles. The Morgan fingerprint density at radius 3 is 2.58 bits per heavy atom. The maximum Gasteiger partial charge on any atom is 0.355 e. The van der Waals surface area contributed by atoms with Gasteiger partial charge >= 0.3 is 5.76 Å². The van der Waals surface area contributed by atoms with Crippen LogP contribution < -0.4 is 20.5 Å². The topological polar surface area (TPSA) is 160 Å². The average molecular weight is 619 g/mol. The third kappa shape index (κ3) is 6.59. The first kappa shape index (κ1) is 29.9. The molecule has 5 N–H and O–H groups in total. The number of H-pyrrole nitrogens is 1. The number of rotatable bonds is 10. The lowest BCUT2D eigenvalue weighted by Crippen LogP contribution is -2.21. The van der Waals surface area contributed by atoms with Crippen LogP contribution in [0.4, 0.5) is 30.5 Å². The normalized spacial score (nSPS) is 14.7. The van der Waals surface area contributed by atoms with E-state index in [0.29, 0.717) is 17.9 Å². The highest BCUT2D eigenvalue weighted by atomic mass is 32.2. The molecule has 2 aromatic carbocycles. The lowest BCUT2D eigenvalue weighted by Gasteiger charge is -2.19. The van der Waals surface area contributed by atoms with E-state index in [1.807, 2.05) is 22.5 Å². The van der Waals surface area contributed by atoms with E-state index in [9.17, 15) is 26.4 Å². The van der Waals surface area contributed by atoms with Gasteiger partial charge in [0.2, 0.25) is 0 Å². The second-order valence-electron chi connectivity index (χ2n) is 10.1. The van der Waals surface area contributed by atoms with Gasteiger partial charge in [0.15, 0.2) is 5.82 Å². The first-order valence-electron chi connectivity index (χ1n) is 13.2. The minimum absolute atomic E-state index is 0.0150. The lowest BCUT2D eigenvalue weighted by molar-refractivity contribution is 0.100. The summed E-state index contributed by atoms with van der Waals surface area (Å²) in [5.41, 5.74) is 7.32. The summed E-state index contributed by atoms with van der Waals surface area (Å²) < 4.78 is 73.4. The van der Waals surface area contributed by atoms with Crippen LogP contribution in [0.25, 0.3) is 11.3 Å². The first-order valence-corrected chi connectivity index (χ1v) is 14.7. The van der Waals surface area contributed by atoms with Gasteiger partial charge in [-0.3, -0.25) is 19.3 Å². The van der Waals surface area contributed by atoms with Gasteiger partial charge in [-0.05, 0) is 50.2 Å². The zero-order valence-electron chi connectivity index (χ0n) is 23.1. The van der Waals surface area contributed by atoms with Gasteiger partial charge in [-0.25, -0.2) is 12.8 Å². The summed E-state index contributed by atoms with van der Waals surface area (Å²) in [6.45, 7) is 3.99. The van der Waals surface area contributed by atoms with Crippen molar-refractivity contribution >= 4 is 33.3 Å². The highest BCUT2D eigenvalue weighted by Crippen LogP contribution is 2.37. The molecule has 0 saturated carbocycles. The quantitative estimate of drug-likeness (QED) is 0.206. The minimum atomic E-state index is -5.05. The largest absolute Gasteiger partial charge is 0.484 e. The summed E-state index contributed by atoms with van der Waals surface area (Å²) in [5.74, 6) is -4.49. The van der Waals surface area contributed by atoms with Crippen molar-refractivity contribution in [3.63, 3.8) is 0 Å². The molecule has 228 valence electrons. The molecule has 43 heavy (non-hydrogen) atoms. The molecule has 0 aliphatic carbocycles. The number of aromatic nitrogens is 4. The number of halogens is 3. The van der Waals surface area contributed by atoms with E-state index in [1.54, 1.807) is 6.92 Å². The van der Waals surface area contributed by atoms with E-state index in [4.69, 9.17) is 10.5 Å². The number of carbonyl (C=O) groups excluding carboxylic acids is 1. The molecule has 4 aromatic rings. The number of hydrogen-bond donors (Lipinski definition) is 4. The van der Waals surface area contributed by atoms with Gasteiger partial charge in [0.05, 0.1) is 11.4 Å². The Labute approximate surface area is 245 Å². The molecule has 5 rings (SSSR count). The third-order valence-corrected chi connectivity index (χ3v) is 7.83. The number of carbonyl (C=O) groups is 1. The van der Waals surface area contributed by atoms with Gasteiger partial charge in [0.25, 0.3) is 15.9 Å². The van der Waals surface area contributed by atoms with Crippen LogP contribution in [0.2, 0.25) is 0 Å². The Kier molecular flexibility index (Phi) is 8.32. The van der Waals surface area contributed by atoms with Crippen LogP contribution in [-0.4, -0.2) is 58.6 Å². The number of sulfonamides is 1. The summed E-state index contributed by atoms with van der Waals surface area (Å²) in [4.78, 5) is 14.8. The van der Waals surface area contributed by atoms with E-state index >= 15 is 0 Å². The Morgan fingerprint density at radius 1 is 1.14 bits per heavy atom. The number of nitrogens with one attached hydrogen (secondary N) is 3. The molecule has 16 heteroatoms. The molecule has 1 unspecified atom stereocenters. The Morgan fingerprint density at radius 2 is 1.88 bits per heavy atom. The van der Waals surface area contributed by atoms with Crippen molar-refractivity contribution in [3.05, 3.63) is 71.2 Å². The van der Waals surface area contributed by atoms with Gasteiger partial charge in [0, 0.05) is 31.3 Å². The number of aromatic amines is 1. The average Bonchev–Trinajstić information content (AvgIpc) is 3.48. The number of nitrogens with two attached hydrogens (primary N) is 1. The summed E-state index contributed by atoms with van der Waals surface area (Å²) in [7, 11) is -3.03. The van der Waals surface area contributed by atoms with Crippen LogP contribution in [0.3, 0.4) is 0 Å². The van der Waals surface area contributed by atoms with E-state index < -0.39 is 33.6 Å². The summed E-state index contributed by atoms with van der Waals surface area (Å²) in [5, 5.41) is 14.6. The predicted octanol–water partition coefficient (Wildman–Crippen LogP) is 4.19. The van der Waals surface area contributed by atoms with Gasteiger partial charge < -0.3 is 20.7 Å². The van der Waals surface area contributed by atoms with Gasteiger partial charge in [0.1, 0.15) is 34.7 Å². The van der Waals surface area contributed by atoms with Crippen LogP contribution in [0, 0.1) is 5.82 Å². The fraction of sp³-hybridized carbons (Fsp3) is 0.296. The zero-order chi connectivity index (χ0) is 30.9. The van der Waals surface area contributed by atoms with E-state index in [0.717, 1.165) is 25.2 Å². The highest BCUT2D eigenvalue weighted by molar-refractivity contribution is 7.93. The second-order valence-corrected chi connectivity index (χ2v) is 11.7. The van der Waals surface area contributed by atoms with Crippen molar-refractivity contribution in [2.75, 3.05) is 23.6 Å². The molecule has 0 radical (unpaired) electrons. The number of aryl methyl sites for hydroxylation is 1. The van der Waals surface area contributed by atoms with Crippen LogP contribution in [0.15, 0.2) is 48.5 Å². The Bertz CT molecular complexity index is 1740. The van der Waals surface area contributed by atoms with Crippen molar-refractivity contribution in [1.82, 2.24) is 24.9 Å². The number of hydrogen-bond acceptors (Lipinski definition) is 8. The molecule has 0 saturated heterocycles. The number of fused-ring (bicyclic) bond motifs is 1. The number of amides is 1. The fourth-order valence-electron chi connectivity index (χ4n) is 4.73. The molecule has 1 aliphatic heterocycles. The molecular weight excluding hydrogens is 589 g/mol. The zero-order valence-corrected chi connectivity index (χ0v) is 24.0. The van der Waals surface area contributed by atoms with Crippen molar-refractivity contribution in [2.45, 2.75) is 38.3 Å². The number of primary amides is 1. The van der Waals surface area contributed by atoms with E-state index in [-0.39, 0.29) is 34.1 Å². The molecule has 1 aliphatic rings. The Balaban J connectivity index is 1.50. The molecule has 0 fully saturated rings.